The average molecular weight is 410 g/mol. The quantitative estimate of drug-likeness (QED) is 0.603. The number of anilines is 1. The molecule has 1 N–H and O–H groups in total. The molecule has 1 saturated heterocycles. The predicted molar refractivity (Wildman–Crippen MR) is 115 cm³/mol. The van der Waals surface area contributed by atoms with Crippen LogP contribution in [0.4, 0.5) is 5.69 Å². The second-order valence-corrected chi connectivity index (χ2v) is 9.66. The lowest BCUT2D eigenvalue weighted by atomic mass is 9.99. The van der Waals surface area contributed by atoms with Crippen molar-refractivity contribution in [2.24, 2.45) is 5.92 Å². The molecule has 1 atom stereocenters. The first kappa shape index (κ1) is 22.7. The molecule has 2 rings (SSSR count). The second kappa shape index (κ2) is 10.8. The Balaban J connectivity index is 1.78. The molecule has 1 fully saturated rings. The largest absolute Gasteiger partial charge is 0.372 e. The standard InChI is InChI=1S/C21H35N3O3S/c1-4-15-28(26,27)24-14-7-10-19(17-24)21(25)22-12-8-13-23(5-2)20-11-6-9-18(3)16-20/h6,9,11,16,19H,4-5,7-8,10,12-15,17H2,1-3H3,(H,22,25)/t19-/m1/s1. The molecule has 0 saturated carbocycles. The molecule has 0 aromatic heterocycles. The number of nitrogens with zero attached hydrogens (tertiary/aromatic N) is 2. The van der Waals surface area contributed by atoms with E-state index in [9.17, 15) is 13.2 Å². The number of carbonyl (C=O) groups is 1. The molecule has 28 heavy (non-hydrogen) atoms. The average Bonchev–Trinajstić information content (AvgIpc) is 2.68. The summed E-state index contributed by atoms with van der Waals surface area (Å²) in [7, 11) is -3.23. The van der Waals surface area contributed by atoms with Gasteiger partial charge in [0, 0.05) is 38.4 Å². The Kier molecular flexibility index (Phi) is 8.76. The first-order valence-corrected chi connectivity index (χ1v) is 12.1. The summed E-state index contributed by atoms with van der Waals surface area (Å²) in [6.07, 6.45) is 2.97. The van der Waals surface area contributed by atoms with E-state index in [2.05, 4.69) is 48.3 Å². The summed E-state index contributed by atoms with van der Waals surface area (Å²) < 4.78 is 26.0. The van der Waals surface area contributed by atoms with E-state index >= 15 is 0 Å². The number of amides is 1. The van der Waals surface area contributed by atoms with E-state index in [4.69, 9.17) is 0 Å². The van der Waals surface area contributed by atoms with Gasteiger partial charge >= 0.3 is 0 Å². The molecule has 1 aromatic rings. The second-order valence-electron chi connectivity index (χ2n) is 7.58. The fourth-order valence-corrected chi connectivity index (χ4v) is 5.30. The minimum absolute atomic E-state index is 0.0185. The Morgan fingerprint density at radius 3 is 2.79 bits per heavy atom. The van der Waals surface area contributed by atoms with Crippen molar-refractivity contribution in [1.29, 1.82) is 0 Å². The number of piperidine rings is 1. The Bertz CT molecular complexity index is 736. The number of rotatable bonds is 10. The molecule has 0 aliphatic carbocycles. The summed E-state index contributed by atoms with van der Waals surface area (Å²) >= 11 is 0. The molecule has 1 aliphatic heterocycles. The van der Waals surface area contributed by atoms with Gasteiger partial charge in [-0.3, -0.25) is 4.79 Å². The molecule has 0 unspecified atom stereocenters. The van der Waals surface area contributed by atoms with Gasteiger partial charge in [0.05, 0.1) is 11.7 Å². The van der Waals surface area contributed by atoms with E-state index in [1.165, 1.54) is 15.6 Å². The summed E-state index contributed by atoms with van der Waals surface area (Å²) in [5.41, 5.74) is 2.45. The van der Waals surface area contributed by atoms with Crippen LogP contribution in [0.25, 0.3) is 0 Å². The molecular formula is C21H35N3O3S. The lowest BCUT2D eigenvalue weighted by Crippen LogP contribution is -2.46. The van der Waals surface area contributed by atoms with Crippen molar-refractivity contribution in [3.63, 3.8) is 0 Å². The number of nitrogens with one attached hydrogen (secondary N) is 1. The van der Waals surface area contributed by atoms with Crippen LogP contribution in [0.5, 0.6) is 0 Å². The van der Waals surface area contributed by atoms with E-state index in [1.807, 2.05) is 6.92 Å². The minimum atomic E-state index is -3.23. The number of sulfonamides is 1. The number of carbonyl (C=O) groups excluding carboxylic acids is 1. The van der Waals surface area contributed by atoms with E-state index in [1.54, 1.807) is 0 Å². The highest BCUT2D eigenvalue weighted by Crippen LogP contribution is 2.20. The minimum Gasteiger partial charge on any atom is -0.372 e. The van der Waals surface area contributed by atoms with E-state index in [0.29, 0.717) is 26.1 Å². The first-order chi connectivity index (χ1) is 13.4. The molecule has 0 bridgehead atoms. The van der Waals surface area contributed by atoms with Crippen LogP contribution in [-0.2, 0) is 14.8 Å². The van der Waals surface area contributed by atoms with Crippen LogP contribution in [0.15, 0.2) is 24.3 Å². The summed E-state index contributed by atoms with van der Waals surface area (Å²) in [5.74, 6) is -0.0953. The van der Waals surface area contributed by atoms with Crippen molar-refractivity contribution in [2.75, 3.05) is 43.4 Å². The van der Waals surface area contributed by atoms with E-state index < -0.39 is 10.0 Å². The third-order valence-electron chi connectivity index (χ3n) is 5.26. The Labute approximate surface area is 170 Å². The third-order valence-corrected chi connectivity index (χ3v) is 7.31. The molecule has 1 heterocycles. The van der Waals surface area contributed by atoms with Crippen molar-refractivity contribution in [3.05, 3.63) is 29.8 Å². The maximum atomic E-state index is 12.5. The van der Waals surface area contributed by atoms with Crippen molar-refractivity contribution in [2.45, 2.75) is 46.5 Å². The fraction of sp³-hybridized carbons (Fsp3) is 0.667. The van der Waals surface area contributed by atoms with Gasteiger partial charge < -0.3 is 10.2 Å². The van der Waals surface area contributed by atoms with Crippen molar-refractivity contribution in [3.8, 4) is 0 Å². The smallest absolute Gasteiger partial charge is 0.224 e. The van der Waals surface area contributed by atoms with Crippen LogP contribution in [0.1, 0.15) is 45.1 Å². The van der Waals surface area contributed by atoms with Gasteiger partial charge in [0.15, 0.2) is 0 Å². The molecule has 0 radical (unpaired) electrons. The van der Waals surface area contributed by atoms with Gasteiger partial charge in [-0.15, -0.1) is 0 Å². The lowest BCUT2D eigenvalue weighted by molar-refractivity contribution is -0.126. The van der Waals surface area contributed by atoms with Gasteiger partial charge in [0.2, 0.25) is 15.9 Å². The Morgan fingerprint density at radius 1 is 1.32 bits per heavy atom. The number of hydrogen-bond donors (Lipinski definition) is 1. The molecule has 1 aromatic carbocycles. The van der Waals surface area contributed by atoms with Crippen LogP contribution in [0.2, 0.25) is 0 Å². The number of hydrogen-bond acceptors (Lipinski definition) is 4. The molecule has 7 heteroatoms. The highest BCUT2D eigenvalue weighted by molar-refractivity contribution is 7.89. The fourth-order valence-electron chi connectivity index (χ4n) is 3.72. The summed E-state index contributed by atoms with van der Waals surface area (Å²) in [5, 5.41) is 3.01. The zero-order valence-corrected chi connectivity index (χ0v) is 18.3. The van der Waals surface area contributed by atoms with Crippen LogP contribution < -0.4 is 10.2 Å². The third kappa shape index (κ3) is 6.48. The molecule has 158 valence electrons. The maximum Gasteiger partial charge on any atom is 0.224 e. The topological polar surface area (TPSA) is 69.7 Å². The van der Waals surface area contributed by atoms with Crippen molar-refractivity contribution in [1.82, 2.24) is 9.62 Å². The lowest BCUT2D eigenvalue weighted by Gasteiger charge is -2.31. The molecule has 1 amide bonds. The van der Waals surface area contributed by atoms with Crippen LogP contribution in [-0.4, -0.2) is 57.1 Å². The highest BCUT2D eigenvalue weighted by Gasteiger charge is 2.31. The maximum absolute atomic E-state index is 12.5. The zero-order valence-electron chi connectivity index (χ0n) is 17.5. The summed E-state index contributed by atoms with van der Waals surface area (Å²) in [4.78, 5) is 14.8. The normalized spacial score (nSPS) is 18.0. The monoisotopic (exact) mass is 409 g/mol. The molecular weight excluding hydrogens is 374 g/mol. The SMILES string of the molecule is CCCS(=O)(=O)N1CCC[C@@H](C(=O)NCCCN(CC)c2cccc(C)c2)C1. The van der Waals surface area contributed by atoms with E-state index in [0.717, 1.165) is 32.4 Å². The van der Waals surface area contributed by atoms with Gasteiger partial charge in [-0.1, -0.05) is 19.1 Å². The van der Waals surface area contributed by atoms with Crippen molar-refractivity contribution >= 4 is 21.6 Å². The number of benzene rings is 1. The summed E-state index contributed by atoms with van der Waals surface area (Å²) in [6.45, 7) is 9.35. The van der Waals surface area contributed by atoms with Crippen LogP contribution >= 0.6 is 0 Å². The van der Waals surface area contributed by atoms with Gasteiger partial charge in [0.25, 0.3) is 0 Å². The zero-order chi connectivity index (χ0) is 20.6. The number of aryl methyl sites for hydroxylation is 1. The molecule has 0 spiro atoms. The van der Waals surface area contributed by atoms with Gasteiger partial charge in [0.1, 0.15) is 0 Å². The Morgan fingerprint density at radius 2 is 2.11 bits per heavy atom. The van der Waals surface area contributed by atoms with E-state index in [-0.39, 0.29) is 17.6 Å². The van der Waals surface area contributed by atoms with Gasteiger partial charge in [-0.2, -0.15) is 0 Å². The highest BCUT2D eigenvalue weighted by atomic mass is 32.2. The summed E-state index contributed by atoms with van der Waals surface area (Å²) in [6, 6.07) is 8.44. The van der Waals surface area contributed by atoms with Gasteiger partial charge in [-0.05, 0) is 57.2 Å². The Hall–Kier alpha value is -1.60. The van der Waals surface area contributed by atoms with Crippen molar-refractivity contribution < 1.29 is 13.2 Å². The molecule has 1 aliphatic rings. The van der Waals surface area contributed by atoms with Gasteiger partial charge in [-0.25, -0.2) is 12.7 Å². The van der Waals surface area contributed by atoms with Crippen LogP contribution in [0, 0.1) is 12.8 Å². The van der Waals surface area contributed by atoms with Crippen LogP contribution in [0.3, 0.4) is 0 Å². The predicted octanol–water partition coefficient (Wildman–Crippen LogP) is 2.78. The first-order valence-electron chi connectivity index (χ1n) is 10.4. The molecule has 6 nitrogen and oxygen atoms in total.